The van der Waals surface area contributed by atoms with Crippen LogP contribution in [-0.4, -0.2) is 19.2 Å². The van der Waals surface area contributed by atoms with Crippen molar-refractivity contribution < 1.29 is 27.4 Å². The maximum absolute atomic E-state index is 12.4. The van der Waals surface area contributed by atoms with E-state index < -0.39 is 19.8 Å². The molecule has 6 nitrogen and oxygen atoms in total. The Labute approximate surface area is 133 Å². The van der Waals surface area contributed by atoms with Crippen LogP contribution in [0.15, 0.2) is 60.7 Å². The van der Waals surface area contributed by atoms with Crippen LogP contribution < -0.4 is 4.52 Å². The van der Waals surface area contributed by atoms with E-state index >= 15 is 0 Å². The van der Waals surface area contributed by atoms with Crippen LogP contribution in [0.1, 0.15) is 11.7 Å². The molecule has 2 heterocycles. The van der Waals surface area contributed by atoms with Crippen molar-refractivity contribution in [3.05, 3.63) is 66.2 Å². The fourth-order valence-corrected chi connectivity index (χ4v) is 5.21. The zero-order chi connectivity index (χ0) is 15.8. The van der Waals surface area contributed by atoms with E-state index in [1.54, 1.807) is 36.4 Å². The number of hydrogen-bond acceptors (Lipinski definition) is 6. The molecule has 120 valence electrons. The van der Waals surface area contributed by atoms with Crippen molar-refractivity contribution in [3.8, 4) is 5.75 Å². The average molecular weight is 334 g/mol. The Balaban J connectivity index is 1.70. The van der Waals surface area contributed by atoms with Gasteiger partial charge in [-0.3, -0.25) is 0 Å². The third kappa shape index (κ3) is 2.50. The van der Waals surface area contributed by atoms with Crippen LogP contribution in [0, 0.1) is 0 Å². The molecule has 4 rings (SSSR count). The van der Waals surface area contributed by atoms with Gasteiger partial charge >= 0.3 is 132 Å². The maximum atomic E-state index is 12.4. The van der Waals surface area contributed by atoms with Crippen LogP contribution in [0.2, 0.25) is 0 Å². The van der Waals surface area contributed by atoms with E-state index in [0.29, 0.717) is 11.3 Å². The summed E-state index contributed by atoms with van der Waals surface area (Å²) in [5.41, 5.74) is 0.662. The number of para-hydroxylation sites is 1. The molecule has 2 aromatic carbocycles. The molecule has 1 unspecified atom stereocenters. The van der Waals surface area contributed by atoms with Crippen LogP contribution in [0.4, 0.5) is 0 Å². The van der Waals surface area contributed by atoms with Crippen LogP contribution >= 0.6 is 7.74 Å². The molecule has 2 saturated heterocycles. The van der Waals surface area contributed by atoms with Crippen LogP contribution in [0.25, 0.3) is 0 Å². The standard InChI is InChI=1S/C16H15O6P/c17-16-15(13-7-3-1-4-8-13)21-23(22-16,18-11-12-19-23)20-14-9-5-2-6-10-14/h1-10,15H,11-12H2. The Morgan fingerprint density at radius 1 is 0.913 bits per heavy atom. The normalized spacial score (nSPS) is 26.3. The summed E-state index contributed by atoms with van der Waals surface area (Å²) >= 11 is 0. The van der Waals surface area contributed by atoms with Gasteiger partial charge in [-0.05, 0) is 0 Å². The Kier molecular flexibility index (Phi) is 3.36. The SMILES string of the molecule is O=C1OP2(Oc3ccccc3)(OCCO2)OC1c1ccccc1. The minimum atomic E-state index is -4.41. The summed E-state index contributed by atoms with van der Waals surface area (Å²) in [6.07, 6.45) is -0.935. The molecule has 0 N–H and O–H groups in total. The molecule has 2 fully saturated rings. The summed E-state index contributed by atoms with van der Waals surface area (Å²) in [6, 6.07) is 17.9. The van der Waals surface area contributed by atoms with Gasteiger partial charge in [0.2, 0.25) is 0 Å². The Hall–Kier alpha value is -1.98. The number of hydrogen-bond donors (Lipinski definition) is 0. The fraction of sp³-hybridized carbons (Fsp3) is 0.188. The van der Waals surface area contributed by atoms with Gasteiger partial charge in [-0.2, -0.15) is 0 Å². The molecule has 1 spiro atoms. The molecule has 7 heteroatoms. The zero-order valence-electron chi connectivity index (χ0n) is 12.2. The van der Waals surface area contributed by atoms with Gasteiger partial charge in [0.25, 0.3) is 0 Å². The molecular formula is C16H15O6P. The average Bonchev–Trinajstić information content (AvgIpc) is 3.11. The van der Waals surface area contributed by atoms with Gasteiger partial charge in [0.15, 0.2) is 0 Å². The van der Waals surface area contributed by atoms with Crippen molar-refractivity contribution in [2.75, 3.05) is 13.2 Å². The van der Waals surface area contributed by atoms with Crippen molar-refractivity contribution in [2.45, 2.75) is 6.10 Å². The Morgan fingerprint density at radius 3 is 2.17 bits per heavy atom. The summed E-state index contributed by atoms with van der Waals surface area (Å²) in [6.45, 7) is 0.471. The van der Waals surface area contributed by atoms with E-state index in [4.69, 9.17) is 22.6 Å². The molecular weight excluding hydrogens is 319 g/mol. The Morgan fingerprint density at radius 2 is 1.52 bits per heavy atom. The topological polar surface area (TPSA) is 63.2 Å². The second-order valence-electron chi connectivity index (χ2n) is 5.12. The first-order chi connectivity index (χ1) is 11.2. The monoisotopic (exact) mass is 334 g/mol. The van der Waals surface area contributed by atoms with Crippen molar-refractivity contribution >= 4 is 13.7 Å². The van der Waals surface area contributed by atoms with E-state index in [1.165, 1.54) is 0 Å². The zero-order valence-corrected chi connectivity index (χ0v) is 13.1. The van der Waals surface area contributed by atoms with E-state index in [1.807, 2.05) is 24.3 Å². The van der Waals surface area contributed by atoms with E-state index in [2.05, 4.69) is 0 Å². The number of carbonyl (C=O) groups excluding carboxylic acids is 1. The van der Waals surface area contributed by atoms with E-state index in [0.717, 1.165) is 0 Å². The predicted octanol–water partition coefficient (Wildman–Crippen LogP) is 3.56. The quantitative estimate of drug-likeness (QED) is 0.800. The Bertz CT molecular complexity index is 714. The van der Waals surface area contributed by atoms with Gasteiger partial charge < -0.3 is 0 Å². The molecule has 0 radical (unpaired) electrons. The summed E-state index contributed by atoms with van der Waals surface area (Å²) in [4.78, 5) is 12.4. The molecule has 2 aliphatic heterocycles. The van der Waals surface area contributed by atoms with Gasteiger partial charge in [-0.1, -0.05) is 0 Å². The number of benzene rings is 2. The first kappa shape index (κ1) is 14.6. The molecule has 23 heavy (non-hydrogen) atoms. The summed E-state index contributed by atoms with van der Waals surface area (Å²) < 4.78 is 28.5. The molecule has 0 bridgehead atoms. The van der Waals surface area contributed by atoms with Gasteiger partial charge in [0.1, 0.15) is 0 Å². The fourth-order valence-electron chi connectivity index (χ4n) is 2.53. The third-order valence-corrected chi connectivity index (χ3v) is 6.27. The van der Waals surface area contributed by atoms with Crippen molar-refractivity contribution in [1.82, 2.24) is 0 Å². The minimum absolute atomic E-state index is 0.236. The van der Waals surface area contributed by atoms with Gasteiger partial charge in [0.05, 0.1) is 0 Å². The third-order valence-electron chi connectivity index (χ3n) is 3.52. The van der Waals surface area contributed by atoms with Crippen molar-refractivity contribution in [3.63, 3.8) is 0 Å². The molecule has 2 aromatic rings. The molecule has 0 aliphatic carbocycles. The number of carbonyl (C=O) groups is 1. The number of rotatable bonds is 3. The molecule has 0 saturated carbocycles. The van der Waals surface area contributed by atoms with Crippen LogP contribution in [0.3, 0.4) is 0 Å². The first-order valence-electron chi connectivity index (χ1n) is 7.24. The van der Waals surface area contributed by atoms with Gasteiger partial charge in [-0.25, -0.2) is 0 Å². The second kappa shape index (κ2) is 5.28. The molecule has 2 aliphatic rings. The molecule has 0 amide bonds. The van der Waals surface area contributed by atoms with Crippen molar-refractivity contribution in [1.29, 1.82) is 0 Å². The van der Waals surface area contributed by atoms with Crippen LogP contribution in [0.5, 0.6) is 5.75 Å². The summed E-state index contributed by atoms with van der Waals surface area (Å²) in [5.74, 6) is -0.125. The first-order valence-corrected chi connectivity index (χ1v) is 9.06. The van der Waals surface area contributed by atoms with Crippen LogP contribution in [-0.2, 0) is 22.9 Å². The summed E-state index contributed by atoms with van der Waals surface area (Å²) in [5, 5.41) is 0. The van der Waals surface area contributed by atoms with Crippen molar-refractivity contribution in [2.24, 2.45) is 0 Å². The molecule has 0 aromatic heterocycles. The van der Waals surface area contributed by atoms with E-state index in [9.17, 15) is 4.79 Å². The second-order valence-corrected chi connectivity index (χ2v) is 7.71. The predicted molar refractivity (Wildman–Crippen MR) is 82.3 cm³/mol. The summed E-state index contributed by atoms with van der Waals surface area (Å²) in [7, 11) is -4.41. The van der Waals surface area contributed by atoms with E-state index in [-0.39, 0.29) is 13.2 Å². The van der Waals surface area contributed by atoms with Gasteiger partial charge in [-0.15, -0.1) is 0 Å². The molecule has 1 atom stereocenters. The van der Waals surface area contributed by atoms with Gasteiger partial charge in [0, 0.05) is 0 Å².